The van der Waals surface area contributed by atoms with Crippen molar-refractivity contribution in [2.45, 2.75) is 25.3 Å². The van der Waals surface area contributed by atoms with Gasteiger partial charge in [0.2, 0.25) is 0 Å². The van der Waals surface area contributed by atoms with Gasteiger partial charge in [0.15, 0.2) is 5.13 Å². The van der Waals surface area contributed by atoms with E-state index in [1.165, 1.54) is 5.56 Å². The number of nitrogens with one attached hydrogen (secondary N) is 1. The van der Waals surface area contributed by atoms with Crippen LogP contribution >= 0.6 is 11.3 Å². The first-order valence-corrected chi connectivity index (χ1v) is 11.5. The van der Waals surface area contributed by atoms with Gasteiger partial charge >= 0.3 is 0 Å². The van der Waals surface area contributed by atoms with E-state index in [9.17, 15) is 4.79 Å². The van der Waals surface area contributed by atoms with Gasteiger partial charge in [-0.3, -0.25) is 9.69 Å². The summed E-state index contributed by atoms with van der Waals surface area (Å²) < 4.78 is 10.6. The molecule has 0 aliphatic carbocycles. The molecule has 0 radical (unpaired) electrons. The average Bonchev–Trinajstić information content (AvgIpc) is 3.31. The van der Waals surface area contributed by atoms with Gasteiger partial charge in [0, 0.05) is 44.1 Å². The minimum absolute atomic E-state index is 0.103. The van der Waals surface area contributed by atoms with E-state index in [1.807, 2.05) is 29.6 Å². The topological polar surface area (TPSA) is 66.9 Å². The number of carbonyl (C=O) groups is 1. The highest BCUT2D eigenvalue weighted by Gasteiger charge is 2.27. The van der Waals surface area contributed by atoms with Gasteiger partial charge in [-0.2, -0.15) is 0 Å². The quantitative estimate of drug-likeness (QED) is 0.728. The first-order chi connectivity index (χ1) is 14.7. The summed E-state index contributed by atoms with van der Waals surface area (Å²) in [6, 6.07) is 8.56. The van der Waals surface area contributed by atoms with Crippen LogP contribution < -0.4 is 15.0 Å². The third kappa shape index (κ3) is 5.30. The molecule has 2 fully saturated rings. The van der Waals surface area contributed by atoms with E-state index in [-0.39, 0.29) is 5.91 Å². The summed E-state index contributed by atoms with van der Waals surface area (Å²) in [5, 5.41) is 5.80. The minimum atomic E-state index is -0.103. The highest BCUT2D eigenvalue weighted by molar-refractivity contribution is 7.13. The van der Waals surface area contributed by atoms with E-state index in [1.54, 1.807) is 18.4 Å². The van der Waals surface area contributed by atoms with Crippen LogP contribution in [0.3, 0.4) is 0 Å². The highest BCUT2D eigenvalue weighted by atomic mass is 32.1. The number of hydrogen-bond acceptors (Lipinski definition) is 7. The zero-order chi connectivity index (χ0) is 20.8. The predicted octanol–water partition coefficient (Wildman–Crippen LogP) is 2.43. The number of carbonyl (C=O) groups excluding carboxylic acids is 1. The minimum Gasteiger partial charge on any atom is -0.497 e. The number of aromatic nitrogens is 1. The Labute approximate surface area is 182 Å². The molecule has 0 unspecified atom stereocenters. The Morgan fingerprint density at radius 1 is 1.20 bits per heavy atom. The molecule has 0 atom stereocenters. The first kappa shape index (κ1) is 21.1. The van der Waals surface area contributed by atoms with E-state index in [4.69, 9.17) is 9.47 Å². The van der Waals surface area contributed by atoms with Crippen LogP contribution in [-0.2, 0) is 11.2 Å². The second kappa shape index (κ2) is 10.2. The summed E-state index contributed by atoms with van der Waals surface area (Å²) in [7, 11) is 1.66. The van der Waals surface area contributed by atoms with Crippen molar-refractivity contribution in [3.63, 3.8) is 0 Å². The summed E-state index contributed by atoms with van der Waals surface area (Å²) in [6.07, 6.45) is 3.06. The zero-order valence-electron chi connectivity index (χ0n) is 17.5. The van der Waals surface area contributed by atoms with E-state index in [0.29, 0.717) is 18.3 Å². The van der Waals surface area contributed by atoms with Crippen molar-refractivity contribution in [1.82, 2.24) is 15.2 Å². The van der Waals surface area contributed by atoms with Crippen molar-refractivity contribution < 1.29 is 14.3 Å². The van der Waals surface area contributed by atoms with Crippen LogP contribution in [-0.4, -0.2) is 74.9 Å². The second-order valence-corrected chi connectivity index (χ2v) is 8.57. The van der Waals surface area contributed by atoms with Gasteiger partial charge in [-0.15, -0.1) is 11.3 Å². The molecule has 0 bridgehead atoms. The Morgan fingerprint density at radius 3 is 2.63 bits per heavy atom. The Bertz CT molecular complexity index is 812. The predicted molar refractivity (Wildman–Crippen MR) is 119 cm³/mol. The molecular weight excluding hydrogens is 400 g/mol. The standard InChI is InChI=1S/C22H30N4O3S/c1-28-19-4-2-17(3-5-19)6-9-23-21(27)20-16-30-22(24-20)26-10-7-18(8-11-26)25-12-14-29-15-13-25/h2-5,16,18H,6-15H2,1H3,(H,23,27). The number of nitrogens with zero attached hydrogens (tertiary/aromatic N) is 3. The molecule has 2 aromatic rings. The first-order valence-electron chi connectivity index (χ1n) is 10.7. The van der Waals surface area contributed by atoms with Crippen LogP contribution in [0, 0.1) is 0 Å². The van der Waals surface area contributed by atoms with Gasteiger partial charge in [-0.1, -0.05) is 12.1 Å². The number of morpholine rings is 1. The van der Waals surface area contributed by atoms with Gasteiger partial charge in [0.05, 0.1) is 20.3 Å². The molecule has 3 heterocycles. The maximum Gasteiger partial charge on any atom is 0.270 e. The largest absolute Gasteiger partial charge is 0.497 e. The number of amides is 1. The molecule has 2 aliphatic heterocycles. The maximum atomic E-state index is 12.5. The summed E-state index contributed by atoms with van der Waals surface area (Å²) >= 11 is 1.56. The average molecular weight is 431 g/mol. The molecular formula is C22H30N4O3S. The molecule has 2 aliphatic rings. The number of hydrogen-bond donors (Lipinski definition) is 1. The smallest absolute Gasteiger partial charge is 0.270 e. The summed E-state index contributed by atoms with van der Waals surface area (Å²) in [6.45, 7) is 6.36. The SMILES string of the molecule is COc1ccc(CCNC(=O)c2csc(N3CCC(N4CCOCC4)CC3)n2)cc1. The molecule has 0 spiro atoms. The van der Waals surface area contributed by atoms with Gasteiger partial charge < -0.3 is 19.7 Å². The molecule has 1 amide bonds. The molecule has 7 nitrogen and oxygen atoms in total. The van der Waals surface area contributed by atoms with Crippen LogP contribution in [0.2, 0.25) is 0 Å². The Hall–Kier alpha value is -2.16. The lowest BCUT2D eigenvalue weighted by atomic mass is 10.0. The fraction of sp³-hybridized carbons (Fsp3) is 0.545. The normalized spacial score (nSPS) is 18.4. The number of thiazole rings is 1. The van der Waals surface area contributed by atoms with Crippen LogP contribution in [0.25, 0.3) is 0 Å². The van der Waals surface area contributed by atoms with E-state index < -0.39 is 0 Å². The van der Waals surface area contributed by atoms with Crippen molar-refractivity contribution in [1.29, 1.82) is 0 Å². The summed E-state index contributed by atoms with van der Waals surface area (Å²) in [5.74, 6) is 0.737. The molecule has 2 saturated heterocycles. The van der Waals surface area contributed by atoms with Crippen molar-refractivity contribution >= 4 is 22.4 Å². The third-order valence-corrected chi connectivity index (χ3v) is 6.78. The molecule has 0 saturated carbocycles. The number of anilines is 1. The van der Waals surface area contributed by atoms with Crippen molar-refractivity contribution in [2.75, 3.05) is 57.9 Å². The summed E-state index contributed by atoms with van der Waals surface area (Å²) in [4.78, 5) is 21.9. The van der Waals surface area contributed by atoms with Gasteiger partial charge in [0.1, 0.15) is 11.4 Å². The fourth-order valence-corrected chi connectivity index (χ4v) is 4.94. The van der Waals surface area contributed by atoms with Crippen molar-refractivity contribution in [3.8, 4) is 5.75 Å². The maximum absolute atomic E-state index is 12.5. The van der Waals surface area contributed by atoms with Crippen LogP contribution in [0.1, 0.15) is 28.9 Å². The van der Waals surface area contributed by atoms with Crippen molar-refractivity contribution in [2.24, 2.45) is 0 Å². The molecule has 8 heteroatoms. The van der Waals surface area contributed by atoms with Crippen LogP contribution in [0.15, 0.2) is 29.6 Å². The Morgan fingerprint density at radius 2 is 1.93 bits per heavy atom. The van der Waals surface area contributed by atoms with Crippen LogP contribution in [0.4, 0.5) is 5.13 Å². The lowest BCUT2D eigenvalue weighted by molar-refractivity contribution is 0.0115. The molecule has 1 aromatic carbocycles. The van der Waals surface area contributed by atoms with Gasteiger partial charge in [0.25, 0.3) is 5.91 Å². The number of benzene rings is 1. The molecule has 1 aromatic heterocycles. The Balaban J connectivity index is 1.22. The van der Waals surface area contributed by atoms with E-state index in [2.05, 4.69) is 20.1 Å². The third-order valence-electron chi connectivity index (χ3n) is 5.88. The highest BCUT2D eigenvalue weighted by Crippen LogP contribution is 2.26. The number of piperidine rings is 1. The number of ether oxygens (including phenoxy) is 2. The summed E-state index contributed by atoms with van der Waals surface area (Å²) in [5.41, 5.74) is 1.68. The van der Waals surface area contributed by atoms with E-state index in [0.717, 1.165) is 69.5 Å². The number of rotatable bonds is 7. The fourth-order valence-electron chi connectivity index (χ4n) is 4.08. The lowest BCUT2D eigenvalue weighted by Gasteiger charge is -2.40. The number of methoxy groups -OCH3 is 1. The van der Waals surface area contributed by atoms with Gasteiger partial charge in [-0.05, 0) is 37.0 Å². The monoisotopic (exact) mass is 430 g/mol. The zero-order valence-corrected chi connectivity index (χ0v) is 18.3. The molecule has 162 valence electrons. The van der Waals surface area contributed by atoms with Crippen LogP contribution in [0.5, 0.6) is 5.75 Å². The van der Waals surface area contributed by atoms with Gasteiger partial charge in [-0.25, -0.2) is 4.98 Å². The van der Waals surface area contributed by atoms with E-state index >= 15 is 0 Å². The second-order valence-electron chi connectivity index (χ2n) is 7.74. The van der Waals surface area contributed by atoms with Crippen molar-refractivity contribution in [3.05, 3.63) is 40.9 Å². The Kier molecular flexibility index (Phi) is 7.20. The lowest BCUT2D eigenvalue weighted by Crippen LogP contribution is -2.49. The molecule has 1 N–H and O–H groups in total. The molecule has 30 heavy (non-hydrogen) atoms. The molecule has 4 rings (SSSR count).